The molecular formula is C20H20ClN5O4S. The third-order valence-corrected chi connectivity index (χ3v) is 6.45. The molecule has 162 valence electrons. The van der Waals surface area contributed by atoms with Crippen molar-refractivity contribution in [1.29, 1.82) is 0 Å². The third kappa shape index (κ3) is 4.64. The van der Waals surface area contributed by atoms with Gasteiger partial charge in [-0.15, -0.1) is 0 Å². The van der Waals surface area contributed by atoms with E-state index in [0.717, 1.165) is 0 Å². The number of pyridine rings is 1. The maximum atomic E-state index is 12.5. The second-order valence-corrected chi connectivity index (χ2v) is 9.09. The summed E-state index contributed by atoms with van der Waals surface area (Å²) in [7, 11) is -3.91. The number of carbonyl (C=O) groups is 1. The smallest absolute Gasteiger partial charge is 0.331 e. The van der Waals surface area contributed by atoms with Gasteiger partial charge in [0.25, 0.3) is 10.0 Å². The monoisotopic (exact) mass is 461 g/mol. The van der Waals surface area contributed by atoms with Crippen molar-refractivity contribution in [2.24, 2.45) is 0 Å². The Morgan fingerprint density at radius 3 is 2.42 bits per heavy atom. The molecule has 1 N–H and O–H groups in total. The SMILES string of the molecule is Cc1cnc(-c2cnc(N3CCN(C(=O)NS(=O)(=O)c4ccccc4)CC3)c(Cl)c2)o1. The van der Waals surface area contributed by atoms with Gasteiger partial charge < -0.3 is 14.2 Å². The molecule has 31 heavy (non-hydrogen) atoms. The first-order valence-electron chi connectivity index (χ1n) is 9.53. The van der Waals surface area contributed by atoms with Gasteiger partial charge in [-0.2, -0.15) is 0 Å². The predicted octanol–water partition coefficient (Wildman–Crippen LogP) is 2.92. The van der Waals surface area contributed by atoms with Gasteiger partial charge >= 0.3 is 6.03 Å². The normalized spacial score (nSPS) is 14.5. The minimum absolute atomic E-state index is 0.0410. The van der Waals surface area contributed by atoms with Crippen LogP contribution in [0.1, 0.15) is 5.76 Å². The largest absolute Gasteiger partial charge is 0.441 e. The fraction of sp³-hybridized carbons (Fsp3) is 0.250. The maximum Gasteiger partial charge on any atom is 0.331 e. The zero-order valence-corrected chi connectivity index (χ0v) is 18.2. The molecule has 1 fully saturated rings. The highest BCUT2D eigenvalue weighted by molar-refractivity contribution is 7.90. The standard InChI is InChI=1S/C20H20ClN5O4S/c1-14-12-23-19(30-14)15-11-17(21)18(22-13-15)25-7-9-26(10-8-25)20(27)24-31(28,29)16-5-3-2-4-6-16/h2-6,11-13H,7-10H2,1H3,(H,24,27). The number of nitrogens with one attached hydrogen (secondary N) is 1. The zero-order chi connectivity index (χ0) is 22.0. The number of oxazole rings is 1. The molecule has 0 radical (unpaired) electrons. The lowest BCUT2D eigenvalue weighted by Crippen LogP contribution is -2.53. The number of sulfonamides is 1. The van der Waals surface area contributed by atoms with Gasteiger partial charge in [0.2, 0.25) is 5.89 Å². The van der Waals surface area contributed by atoms with E-state index in [1.54, 1.807) is 43.6 Å². The molecule has 4 rings (SSSR count). The van der Waals surface area contributed by atoms with Gasteiger partial charge in [0.1, 0.15) is 11.6 Å². The number of piperazine rings is 1. The number of halogens is 1. The summed E-state index contributed by atoms with van der Waals surface area (Å²) in [5.41, 5.74) is 0.672. The van der Waals surface area contributed by atoms with E-state index in [0.29, 0.717) is 54.2 Å². The average molecular weight is 462 g/mol. The van der Waals surface area contributed by atoms with Crippen LogP contribution < -0.4 is 9.62 Å². The molecule has 3 aromatic rings. The molecule has 0 bridgehead atoms. The van der Waals surface area contributed by atoms with Gasteiger partial charge in [0.05, 0.1) is 21.7 Å². The number of amides is 2. The summed E-state index contributed by atoms with van der Waals surface area (Å²) in [4.78, 5) is 24.5. The van der Waals surface area contributed by atoms with Crippen LogP contribution in [0.4, 0.5) is 10.6 Å². The highest BCUT2D eigenvalue weighted by atomic mass is 35.5. The minimum atomic E-state index is -3.91. The highest BCUT2D eigenvalue weighted by Gasteiger charge is 2.26. The number of aromatic nitrogens is 2. The number of hydrogen-bond acceptors (Lipinski definition) is 7. The van der Waals surface area contributed by atoms with E-state index in [2.05, 4.69) is 14.7 Å². The summed E-state index contributed by atoms with van der Waals surface area (Å²) < 4.78 is 32.3. The van der Waals surface area contributed by atoms with Gasteiger partial charge in [-0.3, -0.25) is 0 Å². The molecule has 2 amide bonds. The first-order valence-corrected chi connectivity index (χ1v) is 11.4. The second-order valence-electron chi connectivity index (χ2n) is 7.00. The number of aryl methyl sites for hydroxylation is 1. The minimum Gasteiger partial charge on any atom is -0.441 e. The number of anilines is 1. The molecule has 0 atom stereocenters. The van der Waals surface area contributed by atoms with Crippen LogP contribution in [0.25, 0.3) is 11.5 Å². The van der Waals surface area contributed by atoms with Gasteiger partial charge in [0.15, 0.2) is 0 Å². The molecular weight excluding hydrogens is 442 g/mol. The van der Waals surface area contributed by atoms with E-state index in [1.807, 2.05) is 4.90 Å². The van der Waals surface area contributed by atoms with Crippen molar-refractivity contribution < 1.29 is 17.6 Å². The topological polar surface area (TPSA) is 109 Å². The number of carbonyl (C=O) groups excluding carboxylic acids is 1. The van der Waals surface area contributed by atoms with Crippen LogP contribution in [0.3, 0.4) is 0 Å². The van der Waals surface area contributed by atoms with Crippen LogP contribution in [0.15, 0.2) is 58.1 Å². The number of rotatable bonds is 4. The average Bonchev–Trinajstić information content (AvgIpc) is 3.20. The molecule has 0 unspecified atom stereocenters. The fourth-order valence-corrected chi connectivity index (χ4v) is 4.51. The molecule has 1 aliphatic rings. The van der Waals surface area contributed by atoms with Crippen molar-refractivity contribution in [1.82, 2.24) is 19.6 Å². The summed E-state index contributed by atoms with van der Waals surface area (Å²) in [5, 5.41) is 0.443. The number of nitrogens with zero attached hydrogens (tertiary/aromatic N) is 4. The van der Waals surface area contributed by atoms with Gasteiger partial charge in [-0.25, -0.2) is 27.9 Å². The van der Waals surface area contributed by atoms with Crippen molar-refractivity contribution in [2.45, 2.75) is 11.8 Å². The molecule has 0 saturated carbocycles. The van der Waals surface area contributed by atoms with Gasteiger partial charge in [-0.1, -0.05) is 29.8 Å². The van der Waals surface area contributed by atoms with Crippen molar-refractivity contribution in [3.8, 4) is 11.5 Å². The Kier molecular flexibility index (Phi) is 5.84. The fourth-order valence-electron chi connectivity index (χ4n) is 3.23. The summed E-state index contributed by atoms with van der Waals surface area (Å²) in [5.74, 6) is 1.73. The quantitative estimate of drug-likeness (QED) is 0.636. The third-order valence-electron chi connectivity index (χ3n) is 4.83. The molecule has 9 nitrogen and oxygen atoms in total. The van der Waals surface area contributed by atoms with Gasteiger partial charge in [-0.05, 0) is 25.1 Å². The van der Waals surface area contributed by atoms with E-state index >= 15 is 0 Å². The Morgan fingerprint density at radius 2 is 1.81 bits per heavy atom. The Hall–Kier alpha value is -3.11. The Balaban J connectivity index is 1.39. The molecule has 1 saturated heterocycles. The lowest BCUT2D eigenvalue weighted by atomic mass is 10.2. The van der Waals surface area contributed by atoms with E-state index < -0.39 is 16.1 Å². The van der Waals surface area contributed by atoms with Crippen LogP contribution in [-0.4, -0.2) is 55.5 Å². The molecule has 0 aliphatic carbocycles. The van der Waals surface area contributed by atoms with Crippen LogP contribution >= 0.6 is 11.6 Å². The molecule has 1 aliphatic heterocycles. The maximum absolute atomic E-state index is 12.5. The first kappa shape index (κ1) is 21.1. The van der Waals surface area contributed by atoms with Crippen LogP contribution in [-0.2, 0) is 10.0 Å². The van der Waals surface area contributed by atoms with Crippen molar-refractivity contribution in [3.63, 3.8) is 0 Å². The second kappa shape index (κ2) is 8.56. The number of hydrogen-bond donors (Lipinski definition) is 1. The molecule has 3 heterocycles. The molecule has 1 aromatic carbocycles. The Morgan fingerprint density at radius 1 is 1.10 bits per heavy atom. The molecule has 11 heteroatoms. The first-order chi connectivity index (χ1) is 14.8. The molecule has 0 spiro atoms. The Bertz CT molecular complexity index is 1190. The highest BCUT2D eigenvalue weighted by Crippen LogP contribution is 2.29. The van der Waals surface area contributed by atoms with Crippen molar-refractivity contribution in [2.75, 3.05) is 31.1 Å². The van der Waals surface area contributed by atoms with E-state index in [4.69, 9.17) is 16.0 Å². The summed E-state index contributed by atoms with van der Waals surface area (Å²) in [6.07, 6.45) is 3.26. The number of benzene rings is 1. The summed E-state index contributed by atoms with van der Waals surface area (Å²) in [6.45, 7) is 3.39. The van der Waals surface area contributed by atoms with Crippen LogP contribution in [0.2, 0.25) is 5.02 Å². The predicted molar refractivity (Wildman–Crippen MR) is 115 cm³/mol. The van der Waals surface area contributed by atoms with E-state index in [-0.39, 0.29) is 4.90 Å². The van der Waals surface area contributed by atoms with E-state index in [1.165, 1.54) is 17.0 Å². The summed E-state index contributed by atoms with van der Waals surface area (Å²) in [6, 6.07) is 8.86. The lowest BCUT2D eigenvalue weighted by Gasteiger charge is -2.35. The lowest BCUT2D eigenvalue weighted by molar-refractivity contribution is 0.200. The van der Waals surface area contributed by atoms with Crippen molar-refractivity contribution >= 4 is 33.5 Å². The van der Waals surface area contributed by atoms with Crippen molar-refractivity contribution in [3.05, 3.63) is 59.6 Å². The van der Waals surface area contributed by atoms with Crippen LogP contribution in [0.5, 0.6) is 0 Å². The summed E-state index contributed by atoms with van der Waals surface area (Å²) >= 11 is 6.43. The van der Waals surface area contributed by atoms with E-state index in [9.17, 15) is 13.2 Å². The number of urea groups is 1. The van der Waals surface area contributed by atoms with Crippen LogP contribution in [0, 0.1) is 6.92 Å². The zero-order valence-electron chi connectivity index (χ0n) is 16.7. The van der Waals surface area contributed by atoms with Gasteiger partial charge in [0, 0.05) is 32.4 Å². The Labute approximate surface area is 184 Å². The molecule has 2 aromatic heterocycles.